The highest BCUT2D eigenvalue weighted by Crippen LogP contribution is 2.27. The van der Waals surface area contributed by atoms with E-state index >= 15 is 0 Å². The molecule has 218 valence electrons. The summed E-state index contributed by atoms with van der Waals surface area (Å²) in [6.45, 7) is 3.66. The second-order valence-electron chi connectivity index (χ2n) is 9.86. The summed E-state index contributed by atoms with van der Waals surface area (Å²) in [6, 6.07) is 31.2. The number of likely N-dealkylation sites (N-methyl/N-ethyl adjacent to an activating group) is 1. The largest absolute Gasteiger partial charge is 0.355 e. The molecule has 0 aliphatic rings. The lowest BCUT2D eigenvalue weighted by Gasteiger charge is -2.34. The maximum Gasteiger partial charge on any atom is 0.264 e. The minimum absolute atomic E-state index is 0.0741. The van der Waals surface area contributed by atoms with Gasteiger partial charge < -0.3 is 10.2 Å². The lowest BCUT2D eigenvalue weighted by Crippen LogP contribution is -2.53. The SMILES string of the molecule is CCNC(=O)[C@H](Cc1ccccc1)N(Cc1ccc(Br)cc1)C(=O)CN(c1ccccc1C)S(=O)(=O)c1ccccc1. The molecule has 0 spiro atoms. The predicted octanol–water partition coefficient (Wildman–Crippen LogP) is 5.73. The Morgan fingerprint density at radius 2 is 1.40 bits per heavy atom. The highest BCUT2D eigenvalue weighted by molar-refractivity contribution is 9.10. The van der Waals surface area contributed by atoms with Crippen molar-refractivity contribution in [2.45, 2.75) is 37.8 Å². The zero-order chi connectivity index (χ0) is 30.1. The van der Waals surface area contributed by atoms with Gasteiger partial charge in [-0.3, -0.25) is 13.9 Å². The van der Waals surface area contributed by atoms with E-state index in [2.05, 4.69) is 21.2 Å². The molecule has 0 aliphatic carbocycles. The Labute approximate surface area is 256 Å². The Morgan fingerprint density at radius 1 is 0.810 bits per heavy atom. The molecular weight excluding hydrogens is 614 g/mol. The molecule has 42 heavy (non-hydrogen) atoms. The van der Waals surface area contributed by atoms with Crippen LogP contribution in [0.2, 0.25) is 0 Å². The average Bonchev–Trinajstić information content (AvgIpc) is 3.00. The van der Waals surface area contributed by atoms with Crippen molar-refractivity contribution in [1.29, 1.82) is 0 Å². The van der Waals surface area contributed by atoms with Gasteiger partial charge in [0.15, 0.2) is 0 Å². The lowest BCUT2D eigenvalue weighted by molar-refractivity contribution is -0.140. The minimum Gasteiger partial charge on any atom is -0.355 e. The molecule has 9 heteroatoms. The number of carbonyl (C=O) groups is 2. The van der Waals surface area contributed by atoms with Crippen LogP contribution in [-0.2, 0) is 32.6 Å². The number of carbonyl (C=O) groups excluding carboxylic acids is 2. The van der Waals surface area contributed by atoms with Gasteiger partial charge in [0.1, 0.15) is 12.6 Å². The fraction of sp³-hybridized carbons (Fsp3) is 0.212. The first kappa shape index (κ1) is 31.0. The fourth-order valence-electron chi connectivity index (χ4n) is 4.71. The Morgan fingerprint density at radius 3 is 2.02 bits per heavy atom. The number of benzene rings is 4. The van der Waals surface area contributed by atoms with E-state index in [0.717, 1.165) is 19.9 Å². The van der Waals surface area contributed by atoms with E-state index in [9.17, 15) is 18.0 Å². The van der Waals surface area contributed by atoms with Gasteiger partial charge in [0.05, 0.1) is 10.6 Å². The molecule has 1 atom stereocenters. The summed E-state index contributed by atoms with van der Waals surface area (Å²) in [5.41, 5.74) is 2.79. The first-order chi connectivity index (χ1) is 20.2. The number of rotatable bonds is 12. The van der Waals surface area contributed by atoms with Crippen molar-refractivity contribution < 1.29 is 18.0 Å². The number of nitrogens with zero attached hydrogens (tertiary/aromatic N) is 2. The van der Waals surface area contributed by atoms with Crippen LogP contribution in [0.5, 0.6) is 0 Å². The van der Waals surface area contributed by atoms with Crippen molar-refractivity contribution in [3.8, 4) is 0 Å². The van der Waals surface area contributed by atoms with Crippen LogP contribution in [0.3, 0.4) is 0 Å². The Kier molecular flexibility index (Phi) is 10.5. The van der Waals surface area contributed by atoms with Gasteiger partial charge in [-0.25, -0.2) is 8.42 Å². The molecule has 0 heterocycles. The molecule has 0 saturated heterocycles. The summed E-state index contributed by atoms with van der Waals surface area (Å²) in [4.78, 5) is 29.4. The molecule has 4 aromatic carbocycles. The molecule has 0 saturated carbocycles. The van der Waals surface area contributed by atoms with Crippen LogP contribution in [0.1, 0.15) is 23.6 Å². The zero-order valence-corrected chi connectivity index (χ0v) is 26.0. The number of anilines is 1. The number of hydrogen-bond donors (Lipinski definition) is 1. The quantitative estimate of drug-likeness (QED) is 0.213. The molecule has 1 N–H and O–H groups in total. The van der Waals surface area contributed by atoms with Gasteiger partial charge in [-0.1, -0.05) is 94.8 Å². The molecule has 7 nitrogen and oxygen atoms in total. The third-order valence-electron chi connectivity index (χ3n) is 6.88. The van der Waals surface area contributed by atoms with Gasteiger partial charge in [-0.2, -0.15) is 0 Å². The molecule has 0 bridgehead atoms. The summed E-state index contributed by atoms with van der Waals surface area (Å²) in [6.07, 6.45) is 0.269. The first-order valence-corrected chi connectivity index (χ1v) is 15.9. The summed E-state index contributed by atoms with van der Waals surface area (Å²) >= 11 is 3.45. The zero-order valence-electron chi connectivity index (χ0n) is 23.6. The molecular formula is C33H34BrN3O4S. The highest BCUT2D eigenvalue weighted by atomic mass is 79.9. The second kappa shape index (κ2) is 14.3. The van der Waals surface area contributed by atoms with E-state index in [1.165, 1.54) is 17.0 Å². The Hall–Kier alpha value is -3.95. The minimum atomic E-state index is -4.12. The van der Waals surface area contributed by atoms with Crippen LogP contribution < -0.4 is 9.62 Å². The molecule has 0 unspecified atom stereocenters. The van der Waals surface area contributed by atoms with E-state index in [4.69, 9.17) is 0 Å². The van der Waals surface area contributed by atoms with E-state index in [1.807, 2.05) is 67.6 Å². The molecule has 4 rings (SSSR count). The van der Waals surface area contributed by atoms with E-state index in [-0.39, 0.29) is 23.8 Å². The summed E-state index contributed by atoms with van der Waals surface area (Å²) in [5.74, 6) is -0.798. The van der Waals surface area contributed by atoms with Gasteiger partial charge >= 0.3 is 0 Å². The van der Waals surface area contributed by atoms with E-state index < -0.39 is 28.5 Å². The third kappa shape index (κ3) is 7.66. The maximum absolute atomic E-state index is 14.4. The second-order valence-corrected chi connectivity index (χ2v) is 12.6. The number of amides is 2. The summed E-state index contributed by atoms with van der Waals surface area (Å²) in [5, 5.41) is 2.87. The lowest BCUT2D eigenvalue weighted by atomic mass is 10.0. The first-order valence-electron chi connectivity index (χ1n) is 13.7. The van der Waals surface area contributed by atoms with Crippen molar-refractivity contribution in [3.05, 3.63) is 130 Å². The van der Waals surface area contributed by atoms with Crippen LogP contribution in [0.4, 0.5) is 5.69 Å². The number of hydrogen-bond acceptors (Lipinski definition) is 4. The maximum atomic E-state index is 14.4. The van der Waals surface area contributed by atoms with Crippen molar-refractivity contribution in [2.75, 3.05) is 17.4 Å². The Balaban J connectivity index is 1.79. The van der Waals surface area contributed by atoms with Crippen molar-refractivity contribution in [1.82, 2.24) is 10.2 Å². The monoisotopic (exact) mass is 647 g/mol. The summed E-state index contributed by atoms with van der Waals surface area (Å²) in [7, 11) is -4.12. The van der Waals surface area contributed by atoms with Gasteiger partial charge in [-0.05, 0) is 60.9 Å². The standard InChI is InChI=1S/C33H34BrN3O4S/c1-3-35-33(39)31(22-26-13-6-4-7-14-26)36(23-27-18-20-28(34)21-19-27)32(38)24-37(30-17-11-10-12-25(30)2)42(40,41)29-15-8-5-9-16-29/h4-21,31H,3,22-24H2,1-2H3,(H,35,39)/t31-/m0/s1. The van der Waals surface area contributed by atoms with Crippen LogP contribution >= 0.6 is 15.9 Å². The topological polar surface area (TPSA) is 86.8 Å². The molecule has 4 aromatic rings. The third-order valence-corrected chi connectivity index (χ3v) is 9.19. The number of sulfonamides is 1. The van der Waals surface area contributed by atoms with Crippen molar-refractivity contribution in [3.63, 3.8) is 0 Å². The smallest absolute Gasteiger partial charge is 0.264 e. The van der Waals surface area contributed by atoms with Gasteiger partial charge in [0, 0.05) is 24.0 Å². The Bertz CT molecular complexity index is 1600. The predicted molar refractivity (Wildman–Crippen MR) is 169 cm³/mol. The van der Waals surface area contributed by atoms with Crippen LogP contribution in [-0.4, -0.2) is 44.3 Å². The highest BCUT2D eigenvalue weighted by Gasteiger charge is 2.34. The van der Waals surface area contributed by atoms with E-state index in [0.29, 0.717) is 17.8 Å². The van der Waals surface area contributed by atoms with Gasteiger partial charge in [-0.15, -0.1) is 0 Å². The molecule has 0 aliphatic heterocycles. The fourth-order valence-corrected chi connectivity index (χ4v) is 6.47. The van der Waals surface area contributed by atoms with Gasteiger partial charge in [0.2, 0.25) is 11.8 Å². The summed E-state index contributed by atoms with van der Waals surface area (Å²) < 4.78 is 30.0. The number of halogens is 1. The number of para-hydroxylation sites is 1. The normalized spacial score (nSPS) is 11.9. The van der Waals surface area contributed by atoms with Crippen LogP contribution in [0, 0.1) is 6.92 Å². The van der Waals surface area contributed by atoms with Crippen LogP contribution in [0.15, 0.2) is 119 Å². The molecule has 0 aromatic heterocycles. The van der Waals surface area contributed by atoms with Crippen LogP contribution in [0.25, 0.3) is 0 Å². The molecule has 2 amide bonds. The average molecular weight is 649 g/mol. The van der Waals surface area contributed by atoms with Crippen molar-refractivity contribution >= 4 is 43.5 Å². The molecule has 0 radical (unpaired) electrons. The molecule has 0 fully saturated rings. The van der Waals surface area contributed by atoms with Crippen molar-refractivity contribution in [2.24, 2.45) is 0 Å². The van der Waals surface area contributed by atoms with Gasteiger partial charge in [0.25, 0.3) is 10.0 Å². The number of aryl methyl sites for hydroxylation is 1. The van der Waals surface area contributed by atoms with E-state index in [1.54, 1.807) is 43.3 Å². The number of nitrogens with one attached hydrogen (secondary N) is 1.